The van der Waals surface area contributed by atoms with Crippen LogP contribution in [-0.4, -0.2) is 6.61 Å². The first kappa shape index (κ1) is 24.5. The van der Waals surface area contributed by atoms with Crippen molar-refractivity contribution in [2.24, 2.45) is 23.7 Å². The monoisotopic (exact) mass is 434 g/mol. The van der Waals surface area contributed by atoms with Gasteiger partial charge in [-0.2, -0.15) is 4.39 Å². The average Bonchev–Trinajstić information content (AvgIpc) is 2.80. The summed E-state index contributed by atoms with van der Waals surface area (Å²) in [4.78, 5) is 0. The highest BCUT2D eigenvalue weighted by molar-refractivity contribution is 5.31. The number of ether oxygens (including phenoxy) is 1. The lowest BCUT2D eigenvalue weighted by Crippen LogP contribution is -2.27. The molecule has 2 saturated carbocycles. The zero-order valence-corrected chi connectivity index (χ0v) is 19.9. The topological polar surface area (TPSA) is 9.23 Å². The van der Waals surface area contributed by atoms with Crippen LogP contribution in [0.2, 0.25) is 0 Å². The Kier molecular flexibility index (Phi) is 10.1. The molecule has 0 aromatic heterocycles. The van der Waals surface area contributed by atoms with E-state index in [0.717, 1.165) is 30.6 Å². The van der Waals surface area contributed by atoms with Crippen LogP contribution in [0.25, 0.3) is 0 Å². The van der Waals surface area contributed by atoms with Gasteiger partial charge in [-0.1, -0.05) is 64.9 Å². The zero-order chi connectivity index (χ0) is 22.1. The largest absolute Gasteiger partial charge is 0.490 e. The predicted molar refractivity (Wildman–Crippen MR) is 126 cm³/mol. The zero-order valence-electron chi connectivity index (χ0n) is 19.9. The van der Waals surface area contributed by atoms with Gasteiger partial charge in [0, 0.05) is 0 Å². The molecule has 0 spiro atoms. The van der Waals surface area contributed by atoms with Crippen LogP contribution in [-0.2, 0) is 6.42 Å². The molecule has 1 aromatic rings. The Morgan fingerprint density at radius 3 is 1.97 bits per heavy atom. The van der Waals surface area contributed by atoms with Crippen LogP contribution < -0.4 is 4.74 Å². The quantitative estimate of drug-likeness (QED) is 0.316. The summed E-state index contributed by atoms with van der Waals surface area (Å²) in [5.74, 6) is 1.81. The van der Waals surface area contributed by atoms with Crippen molar-refractivity contribution in [1.29, 1.82) is 0 Å². The summed E-state index contributed by atoms with van der Waals surface area (Å²) in [6, 6.07) is 3.31. The summed E-state index contributed by atoms with van der Waals surface area (Å²) >= 11 is 0. The Hall–Kier alpha value is -1.12. The standard InChI is InChI=1S/C28H44F2O/c1-3-5-7-8-21-10-14-23(15-11-21)24-16-12-22(13-17-24)20-31-26-19-18-25(9-6-4-2)27(29)28(26)30/h18-19,21-24H,3-17,20H2,1-2H3. The number of benzene rings is 1. The number of halogens is 2. The molecule has 1 aromatic carbocycles. The molecule has 0 unspecified atom stereocenters. The average molecular weight is 435 g/mol. The minimum Gasteiger partial charge on any atom is -0.490 e. The van der Waals surface area contributed by atoms with Gasteiger partial charge in [0.05, 0.1) is 6.61 Å². The second-order valence-electron chi connectivity index (χ2n) is 10.3. The van der Waals surface area contributed by atoms with Crippen LogP contribution in [0.1, 0.15) is 109 Å². The fourth-order valence-electron chi connectivity index (χ4n) is 5.91. The molecule has 0 heterocycles. The number of aryl methyl sites for hydroxylation is 1. The Morgan fingerprint density at radius 1 is 0.742 bits per heavy atom. The summed E-state index contributed by atoms with van der Waals surface area (Å²) in [6.07, 6.45) is 18.7. The molecule has 0 atom stereocenters. The van der Waals surface area contributed by atoms with E-state index in [2.05, 4.69) is 13.8 Å². The molecule has 2 aliphatic carbocycles. The van der Waals surface area contributed by atoms with E-state index in [4.69, 9.17) is 4.74 Å². The van der Waals surface area contributed by atoms with Gasteiger partial charge in [0.1, 0.15) is 0 Å². The van der Waals surface area contributed by atoms with Crippen molar-refractivity contribution in [3.8, 4) is 5.75 Å². The van der Waals surface area contributed by atoms with Crippen LogP contribution in [0.3, 0.4) is 0 Å². The van der Waals surface area contributed by atoms with E-state index in [1.54, 1.807) is 12.1 Å². The number of unbranched alkanes of at least 4 members (excludes halogenated alkanes) is 3. The van der Waals surface area contributed by atoms with Crippen molar-refractivity contribution in [3.05, 3.63) is 29.3 Å². The van der Waals surface area contributed by atoms with Gasteiger partial charge in [-0.25, -0.2) is 4.39 Å². The molecule has 31 heavy (non-hydrogen) atoms. The summed E-state index contributed by atoms with van der Waals surface area (Å²) in [7, 11) is 0. The molecule has 1 nitrogen and oxygen atoms in total. The molecular formula is C28H44F2O. The number of hydrogen-bond acceptors (Lipinski definition) is 1. The molecule has 0 saturated heterocycles. The highest BCUT2D eigenvalue weighted by Crippen LogP contribution is 2.42. The van der Waals surface area contributed by atoms with Crippen LogP contribution in [0.15, 0.2) is 12.1 Å². The minimum atomic E-state index is -0.807. The summed E-state index contributed by atoms with van der Waals surface area (Å²) in [5, 5.41) is 0. The third-order valence-corrected chi connectivity index (χ3v) is 8.07. The highest BCUT2D eigenvalue weighted by atomic mass is 19.2. The molecule has 0 amide bonds. The van der Waals surface area contributed by atoms with Crippen molar-refractivity contribution in [1.82, 2.24) is 0 Å². The Bertz CT molecular complexity index is 643. The van der Waals surface area contributed by atoms with Crippen LogP contribution in [0, 0.1) is 35.3 Å². The summed E-state index contributed by atoms with van der Waals surface area (Å²) in [5.41, 5.74) is 0.465. The maximum Gasteiger partial charge on any atom is 0.200 e. The van der Waals surface area contributed by atoms with E-state index < -0.39 is 11.6 Å². The van der Waals surface area contributed by atoms with E-state index in [1.807, 2.05) is 0 Å². The van der Waals surface area contributed by atoms with Crippen LogP contribution >= 0.6 is 0 Å². The molecule has 0 bridgehead atoms. The fourth-order valence-corrected chi connectivity index (χ4v) is 5.91. The van der Waals surface area contributed by atoms with Gasteiger partial charge in [-0.3, -0.25) is 0 Å². The summed E-state index contributed by atoms with van der Waals surface area (Å²) < 4.78 is 34.4. The second-order valence-corrected chi connectivity index (χ2v) is 10.3. The van der Waals surface area contributed by atoms with Gasteiger partial charge in [-0.15, -0.1) is 0 Å². The smallest absolute Gasteiger partial charge is 0.200 e. The van der Waals surface area contributed by atoms with Gasteiger partial charge in [0.15, 0.2) is 11.6 Å². The van der Waals surface area contributed by atoms with E-state index in [9.17, 15) is 8.78 Å². The highest BCUT2D eigenvalue weighted by Gasteiger charge is 2.31. The Labute approximate surface area is 189 Å². The van der Waals surface area contributed by atoms with E-state index >= 15 is 0 Å². The van der Waals surface area contributed by atoms with Gasteiger partial charge in [-0.05, 0) is 86.7 Å². The van der Waals surface area contributed by atoms with E-state index in [-0.39, 0.29) is 5.75 Å². The van der Waals surface area contributed by atoms with Gasteiger partial charge >= 0.3 is 0 Å². The van der Waals surface area contributed by atoms with Gasteiger partial charge in [0.2, 0.25) is 5.82 Å². The second kappa shape index (κ2) is 12.8. The van der Waals surface area contributed by atoms with Crippen LogP contribution in [0.4, 0.5) is 8.78 Å². The van der Waals surface area contributed by atoms with Gasteiger partial charge in [0.25, 0.3) is 0 Å². The van der Waals surface area contributed by atoms with Gasteiger partial charge < -0.3 is 4.74 Å². The lowest BCUT2D eigenvalue weighted by molar-refractivity contribution is 0.120. The molecular weight excluding hydrogens is 390 g/mol. The number of hydrogen-bond donors (Lipinski definition) is 0. The minimum absolute atomic E-state index is 0.0845. The Balaban J connectivity index is 1.38. The molecule has 0 radical (unpaired) electrons. The maximum absolute atomic E-state index is 14.4. The maximum atomic E-state index is 14.4. The molecule has 176 valence electrons. The predicted octanol–water partition coefficient (Wildman–Crippen LogP) is 8.88. The molecule has 0 N–H and O–H groups in total. The third-order valence-electron chi connectivity index (χ3n) is 8.07. The molecule has 3 rings (SSSR count). The first-order valence-electron chi connectivity index (χ1n) is 13.2. The van der Waals surface area contributed by atoms with E-state index in [1.165, 1.54) is 77.0 Å². The van der Waals surface area contributed by atoms with Crippen molar-refractivity contribution < 1.29 is 13.5 Å². The van der Waals surface area contributed by atoms with Crippen molar-refractivity contribution in [3.63, 3.8) is 0 Å². The molecule has 2 aliphatic rings. The lowest BCUT2D eigenvalue weighted by Gasteiger charge is -2.38. The molecule has 3 heteroatoms. The van der Waals surface area contributed by atoms with Crippen molar-refractivity contribution >= 4 is 0 Å². The fraction of sp³-hybridized carbons (Fsp3) is 0.786. The lowest BCUT2D eigenvalue weighted by atomic mass is 9.69. The Morgan fingerprint density at radius 2 is 1.35 bits per heavy atom. The van der Waals surface area contributed by atoms with E-state index in [0.29, 0.717) is 24.5 Å². The van der Waals surface area contributed by atoms with Crippen LogP contribution in [0.5, 0.6) is 5.75 Å². The first-order chi connectivity index (χ1) is 15.1. The molecule has 0 aliphatic heterocycles. The SMILES string of the molecule is CCCCCC1CCC(C2CCC(COc3ccc(CCCC)c(F)c3F)CC2)CC1. The van der Waals surface area contributed by atoms with Crippen molar-refractivity contribution in [2.75, 3.05) is 6.61 Å². The third kappa shape index (κ3) is 7.19. The molecule has 2 fully saturated rings. The summed E-state index contributed by atoms with van der Waals surface area (Å²) in [6.45, 7) is 4.86. The first-order valence-corrected chi connectivity index (χ1v) is 13.2. The van der Waals surface area contributed by atoms with Crippen molar-refractivity contribution in [2.45, 2.75) is 110 Å². The normalized spacial score (nSPS) is 26.7. The number of rotatable bonds is 11.